The van der Waals surface area contributed by atoms with Crippen LogP contribution in [0.15, 0.2) is 51.7 Å². The van der Waals surface area contributed by atoms with Crippen LogP contribution in [0.1, 0.15) is 0 Å². The fraction of sp³-hybridized carbons (Fsp3) is 0.263. The summed E-state index contributed by atoms with van der Waals surface area (Å²) in [6.07, 6.45) is 0. The summed E-state index contributed by atoms with van der Waals surface area (Å²) in [6, 6.07) is 11.1. The molecule has 0 aliphatic carbocycles. The van der Waals surface area contributed by atoms with Crippen molar-refractivity contribution in [2.24, 2.45) is 0 Å². The molecule has 27 heavy (non-hydrogen) atoms. The first-order chi connectivity index (χ1) is 13.1. The average Bonchev–Trinajstić information content (AvgIpc) is 3.06. The molecule has 1 aliphatic heterocycles. The van der Waals surface area contributed by atoms with Gasteiger partial charge in [-0.25, -0.2) is 9.18 Å². The predicted octanol–water partition coefficient (Wildman–Crippen LogP) is 1.99. The van der Waals surface area contributed by atoms with Gasteiger partial charge in [0.25, 0.3) is 5.91 Å². The molecule has 0 saturated carbocycles. The normalized spacial score (nSPS) is 14.6. The van der Waals surface area contributed by atoms with Crippen LogP contribution < -0.4 is 15.4 Å². The number of carbonyl (C=O) groups excluding carboxylic acids is 1. The highest BCUT2D eigenvalue weighted by molar-refractivity contribution is 5.79. The Morgan fingerprint density at radius 2 is 1.85 bits per heavy atom. The van der Waals surface area contributed by atoms with E-state index in [0.717, 1.165) is 5.69 Å². The van der Waals surface area contributed by atoms with Crippen LogP contribution in [0.25, 0.3) is 11.1 Å². The Hall–Kier alpha value is -3.29. The number of benzene rings is 2. The molecule has 1 amide bonds. The van der Waals surface area contributed by atoms with Gasteiger partial charge in [0.15, 0.2) is 12.2 Å². The van der Waals surface area contributed by atoms with Crippen molar-refractivity contribution in [2.75, 3.05) is 37.7 Å². The smallest absolute Gasteiger partial charge is 0.417 e. The molecule has 0 bridgehead atoms. The number of fused-ring (bicyclic) bond motifs is 1. The maximum Gasteiger partial charge on any atom is 0.417 e. The molecule has 1 fully saturated rings. The minimum atomic E-state index is -0.473. The summed E-state index contributed by atoms with van der Waals surface area (Å²) in [4.78, 5) is 30.1. The Kier molecular flexibility index (Phi) is 4.53. The van der Waals surface area contributed by atoms with Gasteiger partial charge in [0.2, 0.25) is 0 Å². The lowest BCUT2D eigenvalue weighted by atomic mass is 10.2. The van der Waals surface area contributed by atoms with Crippen molar-refractivity contribution in [3.05, 3.63) is 58.8 Å². The zero-order valence-corrected chi connectivity index (χ0v) is 14.5. The van der Waals surface area contributed by atoms with Crippen LogP contribution in [0.5, 0.6) is 5.75 Å². The van der Waals surface area contributed by atoms with Gasteiger partial charge in [0.05, 0.1) is 5.52 Å². The number of amides is 1. The van der Waals surface area contributed by atoms with E-state index in [4.69, 9.17) is 9.15 Å². The average molecular weight is 371 g/mol. The first kappa shape index (κ1) is 17.1. The lowest BCUT2D eigenvalue weighted by Gasteiger charge is -2.36. The van der Waals surface area contributed by atoms with E-state index in [9.17, 15) is 14.0 Å². The lowest BCUT2D eigenvalue weighted by Crippen LogP contribution is -2.50. The van der Waals surface area contributed by atoms with Crippen molar-refractivity contribution in [2.45, 2.75) is 0 Å². The lowest BCUT2D eigenvalue weighted by molar-refractivity contribution is -0.133. The summed E-state index contributed by atoms with van der Waals surface area (Å²) in [6.45, 7) is 2.43. The molecule has 0 atom stereocenters. The molecular weight excluding hydrogens is 353 g/mol. The number of hydrogen-bond donors (Lipinski definition) is 1. The molecule has 2 aromatic carbocycles. The first-order valence-corrected chi connectivity index (χ1v) is 8.62. The summed E-state index contributed by atoms with van der Waals surface area (Å²) in [7, 11) is 0. The van der Waals surface area contributed by atoms with Gasteiger partial charge in [-0.3, -0.25) is 9.78 Å². The first-order valence-electron chi connectivity index (χ1n) is 8.62. The van der Waals surface area contributed by atoms with Crippen molar-refractivity contribution in [1.29, 1.82) is 0 Å². The molecule has 2 heterocycles. The fourth-order valence-corrected chi connectivity index (χ4v) is 3.12. The third-order valence-electron chi connectivity index (χ3n) is 4.58. The second-order valence-corrected chi connectivity index (χ2v) is 6.31. The molecule has 1 saturated heterocycles. The molecule has 1 aromatic heterocycles. The van der Waals surface area contributed by atoms with Gasteiger partial charge >= 0.3 is 5.76 Å². The van der Waals surface area contributed by atoms with E-state index >= 15 is 0 Å². The highest BCUT2D eigenvalue weighted by Crippen LogP contribution is 2.21. The van der Waals surface area contributed by atoms with Gasteiger partial charge in [-0.1, -0.05) is 0 Å². The Morgan fingerprint density at radius 1 is 1.11 bits per heavy atom. The van der Waals surface area contributed by atoms with E-state index < -0.39 is 5.76 Å². The number of rotatable bonds is 4. The molecule has 1 N–H and O–H groups in total. The van der Waals surface area contributed by atoms with E-state index in [0.29, 0.717) is 43.0 Å². The second kappa shape index (κ2) is 7.14. The van der Waals surface area contributed by atoms with Crippen LogP contribution in [0, 0.1) is 5.82 Å². The van der Waals surface area contributed by atoms with E-state index in [1.807, 2.05) is 12.1 Å². The van der Waals surface area contributed by atoms with Crippen LogP contribution >= 0.6 is 0 Å². The molecule has 3 aromatic rings. The van der Waals surface area contributed by atoms with Crippen LogP contribution in [-0.4, -0.2) is 48.6 Å². The van der Waals surface area contributed by atoms with E-state index in [-0.39, 0.29) is 18.3 Å². The zero-order valence-electron chi connectivity index (χ0n) is 14.5. The van der Waals surface area contributed by atoms with Crippen molar-refractivity contribution in [3.8, 4) is 5.75 Å². The summed E-state index contributed by atoms with van der Waals surface area (Å²) < 4.78 is 23.3. The molecule has 0 radical (unpaired) electrons. The topological polar surface area (TPSA) is 78.8 Å². The maximum absolute atomic E-state index is 12.9. The third kappa shape index (κ3) is 3.79. The largest absolute Gasteiger partial charge is 0.484 e. The van der Waals surface area contributed by atoms with Crippen molar-refractivity contribution >= 4 is 22.7 Å². The minimum Gasteiger partial charge on any atom is -0.484 e. The number of hydrogen-bond acceptors (Lipinski definition) is 5. The van der Waals surface area contributed by atoms with Crippen LogP contribution in [0.4, 0.5) is 10.1 Å². The van der Waals surface area contributed by atoms with Crippen molar-refractivity contribution < 1.29 is 18.3 Å². The van der Waals surface area contributed by atoms with Gasteiger partial charge < -0.3 is 19.0 Å². The Bertz CT molecular complexity index is 1000. The third-order valence-corrected chi connectivity index (χ3v) is 4.58. The molecule has 7 nitrogen and oxygen atoms in total. The zero-order chi connectivity index (χ0) is 18.8. The Balaban J connectivity index is 1.32. The molecular formula is C19H18FN3O4. The maximum atomic E-state index is 12.9. The molecule has 1 aliphatic rings. The fourth-order valence-electron chi connectivity index (χ4n) is 3.12. The number of aromatic amines is 1. The number of halogens is 1. The molecule has 4 rings (SSSR count). The highest BCUT2D eigenvalue weighted by atomic mass is 19.1. The number of ether oxygens (including phenoxy) is 1. The molecule has 8 heteroatoms. The van der Waals surface area contributed by atoms with E-state index in [2.05, 4.69) is 9.88 Å². The SMILES string of the molecule is O=C(COc1ccc(F)cc1)N1CCN(c2ccc3oc(=O)[nH]c3c2)CC1. The molecule has 0 spiro atoms. The summed E-state index contributed by atoms with van der Waals surface area (Å²) in [5.74, 6) is -0.458. The monoisotopic (exact) mass is 371 g/mol. The number of anilines is 1. The summed E-state index contributed by atoms with van der Waals surface area (Å²) >= 11 is 0. The second-order valence-electron chi connectivity index (χ2n) is 6.31. The molecule has 0 unspecified atom stereocenters. The number of carbonyl (C=O) groups is 1. The predicted molar refractivity (Wildman–Crippen MR) is 97.5 cm³/mol. The van der Waals surface area contributed by atoms with Crippen LogP contribution in [0.3, 0.4) is 0 Å². The number of piperazine rings is 1. The number of oxazole rings is 1. The van der Waals surface area contributed by atoms with Crippen molar-refractivity contribution in [1.82, 2.24) is 9.88 Å². The Labute approximate surface area is 153 Å². The minimum absolute atomic E-state index is 0.0755. The standard InChI is InChI=1S/C19H18FN3O4/c20-13-1-4-15(5-2-13)26-12-18(24)23-9-7-22(8-10-23)14-3-6-17-16(11-14)21-19(25)27-17/h1-6,11H,7-10,12H2,(H,21,25). The van der Waals surface area contributed by atoms with Gasteiger partial charge in [-0.15, -0.1) is 0 Å². The van der Waals surface area contributed by atoms with Gasteiger partial charge in [0, 0.05) is 31.9 Å². The Morgan fingerprint density at radius 3 is 2.59 bits per heavy atom. The van der Waals surface area contributed by atoms with E-state index in [1.54, 1.807) is 11.0 Å². The van der Waals surface area contributed by atoms with Gasteiger partial charge in [-0.05, 0) is 42.5 Å². The number of aromatic nitrogens is 1. The quantitative estimate of drug-likeness (QED) is 0.759. The number of H-pyrrole nitrogens is 1. The van der Waals surface area contributed by atoms with Crippen LogP contribution in [0.2, 0.25) is 0 Å². The number of nitrogens with one attached hydrogen (secondary N) is 1. The van der Waals surface area contributed by atoms with Gasteiger partial charge in [-0.2, -0.15) is 0 Å². The highest BCUT2D eigenvalue weighted by Gasteiger charge is 2.22. The summed E-state index contributed by atoms with van der Waals surface area (Å²) in [5.41, 5.74) is 2.15. The van der Waals surface area contributed by atoms with E-state index in [1.165, 1.54) is 24.3 Å². The van der Waals surface area contributed by atoms with Gasteiger partial charge in [0.1, 0.15) is 11.6 Å². The van der Waals surface area contributed by atoms with Crippen LogP contribution in [-0.2, 0) is 4.79 Å². The summed E-state index contributed by atoms with van der Waals surface area (Å²) in [5, 5.41) is 0. The molecule has 140 valence electrons. The van der Waals surface area contributed by atoms with Crippen molar-refractivity contribution in [3.63, 3.8) is 0 Å². The number of nitrogens with zero attached hydrogens (tertiary/aromatic N) is 2.